The van der Waals surface area contributed by atoms with Crippen molar-refractivity contribution in [1.29, 1.82) is 0 Å². The van der Waals surface area contributed by atoms with Gasteiger partial charge in [-0.1, -0.05) is 6.08 Å². The van der Waals surface area contributed by atoms with Crippen LogP contribution < -0.4 is 0 Å². The zero-order valence-corrected chi connectivity index (χ0v) is 8.00. The van der Waals surface area contributed by atoms with Gasteiger partial charge in [-0.2, -0.15) is 0 Å². The van der Waals surface area contributed by atoms with Crippen LogP contribution in [0.15, 0.2) is 18.2 Å². The quantitative estimate of drug-likeness (QED) is 0.749. The Balaban J connectivity index is 2.74. The van der Waals surface area contributed by atoms with Gasteiger partial charge in [-0.15, -0.1) is 11.3 Å². The normalized spacial score (nSPS) is 10.6. The average molecular weight is 198 g/mol. The third-order valence-corrected chi connectivity index (χ3v) is 2.43. The monoisotopic (exact) mass is 198 g/mol. The number of carbonyl (C=O) groups excluding carboxylic acids is 1. The minimum Gasteiger partial charge on any atom is -0.465 e. The van der Waals surface area contributed by atoms with Gasteiger partial charge in [0, 0.05) is 4.88 Å². The molecule has 0 saturated carbocycles. The zero-order chi connectivity index (χ0) is 9.68. The zero-order valence-electron chi connectivity index (χ0n) is 7.19. The van der Waals surface area contributed by atoms with Crippen molar-refractivity contribution in [3.05, 3.63) is 28.0 Å². The van der Waals surface area contributed by atoms with Crippen molar-refractivity contribution in [3.63, 3.8) is 0 Å². The summed E-state index contributed by atoms with van der Waals surface area (Å²) in [5.74, 6) is -0.325. The van der Waals surface area contributed by atoms with E-state index in [0.717, 1.165) is 4.88 Å². The number of methoxy groups -OCH3 is 1. The van der Waals surface area contributed by atoms with Crippen molar-refractivity contribution in [2.45, 2.75) is 0 Å². The Morgan fingerprint density at radius 2 is 2.46 bits per heavy atom. The fourth-order valence-corrected chi connectivity index (χ4v) is 1.68. The molecule has 1 aromatic rings. The van der Waals surface area contributed by atoms with Crippen molar-refractivity contribution >= 4 is 23.4 Å². The van der Waals surface area contributed by atoms with E-state index in [9.17, 15) is 4.79 Å². The number of carbonyl (C=O) groups is 1. The topological polar surface area (TPSA) is 46.5 Å². The van der Waals surface area contributed by atoms with Gasteiger partial charge >= 0.3 is 5.97 Å². The van der Waals surface area contributed by atoms with Crippen molar-refractivity contribution in [2.24, 2.45) is 0 Å². The van der Waals surface area contributed by atoms with E-state index in [1.165, 1.54) is 18.4 Å². The van der Waals surface area contributed by atoms with E-state index in [1.54, 1.807) is 18.2 Å². The number of esters is 1. The van der Waals surface area contributed by atoms with Crippen LogP contribution in [0.2, 0.25) is 0 Å². The van der Waals surface area contributed by atoms with E-state index in [4.69, 9.17) is 5.11 Å². The average Bonchev–Trinajstić information content (AvgIpc) is 2.62. The van der Waals surface area contributed by atoms with Gasteiger partial charge in [0.15, 0.2) is 0 Å². The highest BCUT2D eigenvalue weighted by molar-refractivity contribution is 7.14. The molecule has 0 fully saturated rings. The molecule has 0 atom stereocenters. The molecule has 0 aliphatic rings. The maximum absolute atomic E-state index is 11.0. The third kappa shape index (κ3) is 2.68. The summed E-state index contributed by atoms with van der Waals surface area (Å²) in [5.41, 5.74) is 0. The highest BCUT2D eigenvalue weighted by Crippen LogP contribution is 2.18. The fourth-order valence-electron chi connectivity index (χ4n) is 0.822. The molecule has 1 aromatic heterocycles. The molecule has 0 aliphatic carbocycles. The molecule has 1 rings (SSSR count). The number of hydrogen-bond donors (Lipinski definition) is 1. The van der Waals surface area contributed by atoms with Crippen molar-refractivity contribution in [2.75, 3.05) is 13.7 Å². The summed E-state index contributed by atoms with van der Waals surface area (Å²) in [5, 5.41) is 8.52. The number of aliphatic hydroxyl groups is 1. The van der Waals surface area contributed by atoms with Crippen molar-refractivity contribution in [3.8, 4) is 0 Å². The first-order valence-corrected chi connectivity index (χ1v) is 4.55. The van der Waals surface area contributed by atoms with E-state index in [2.05, 4.69) is 4.74 Å². The van der Waals surface area contributed by atoms with Crippen molar-refractivity contribution in [1.82, 2.24) is 0 Å². The van der Waals surface area contributed by atoms with Crippen LogP contribution in [0.4, 0.5) is 0 Å². The molecule has 0 amide bonds. The van der Waals surface area contributed by atoms with Gasteiger partial charge in [0.25, 0.3) is 0 Å². The lowest BCUT2D eigenvalue weighted by molar-refractivity contribution is 0.0606. The van der Waals surface area contributed by atoms with Gasteiger partial charge in [-0.25, -0.2) is 4.79 Å². The van der Waals surface area contributed by atoms with Crippen LogP contribution in [0.3, 0.4) is 0 Å². The predicted octanol–water partition coefficient (Wildman–Crippen LogP) is 1.54. The first-order valence-electron chi connectivity index (χ1n) is 3.73. The molecule has 13 heavy (non-hydrogen) atoms. The van der Waals surface area contributed by atoms with Gasteiger partial charge in [0.2, 0.25) is 0 Å². The maximum atomic E-state index is 11.0. The lowest BCUT2D eigenvalue weighted by Crippen LogP contribution is -1.96. The number of ether oxygens (including phenoxy) is 1. The minimum absolute atomic E-state index is 0.00541. The molecule has 4 heteroatoms. The number of hydrogen-bond acceptors (Lipinski definition) is 4. The van der Waals surface area contributed by atoms with Crippen LogP contribution in [0, 0.1) is 0 Å². The first-order chi connectivity index (χ1) is 6.27. The molecule has 1 heterocycles. The SMILES string of the molecule is COC(=O)c1ccc(/C=C\CO)s1. The third-order valence-electron chi connectivity index (χ3n) is 1.40. The van der Waals surface area contributed by atoms with Crippen LogP contribution in [0.5, 0.6) is 0 Å². The Bertz CT molecular complexity index is 314. The Morgan fingerprint density at radius 1 is 1.69 bits per heavy atom. The summed E-state index contributed by atoms with van der Waals surface area (Å²) in [6.07, 6.45) is 3.38. The molecule has 3 nitrogen and oxygen atoms in total. The smallest absolute Gasteiger partial charge is 0.348 e. The number of aliphatic hydroxyl groups excluding tert-OH is 1. The van der Waals surface area contributed by atoms with E-state index in [-0.39, 0.29) is 12.6 Å². The molecular weight excluding hydrogens is 188 g/mol. The first kappa shape index (κ1) is 9.95. The lowest BCUT2D eigenvalue weighted by atomic mass is 10.4. The van der Waals surface area contributed by atoms with Gasteiger partial charge in [-0.3, -0.25) is 0 Å². The van der Waals surface area contributed by atoms with Crippen LogP contribution in [0.1, 0.15) is 14.5 Å². The molecule has 1 N–H and O–H groups in total. The van der Waals surface area contributed by atoms with Gasteiger partial charge in [-0.05, 0) is 18.2 Å². The molecule has 0 aliphatic heterocycles. The molecule has 0 radical (unpaired) electrons. The lowest BCUT2D eigenvalue weighted by Gasteiger charge is -1.91. The van der Waals surface area contributed by atoms with E-state index >= 15 is 0 Å². The molecule has 70 valence electrons. The predicted molar refractivity (Wildman–Crippen MR) is 51.8 cm³/mol. The van der Waals surface area contributed by atoms with E-state index in [1.807, 2.05) is 6.07 Å². The summed E-state index contributed by atoms with van der Waals surface area (Å²) in [7, 11) is 1.35. The van der Waals surface area contributed by atoms with Crippen molar-refractivity contribution < 1.29 is 14.6 Å². The molecule has 0 spiro atoms. The van der Waals surface area contributed by atoms with E-state index in [0.29, 0.717) is 4.88 Å². The Labute approximate surface area is 80.3 Å². The van der Waals surface area contributed by atoms with Crippen LogP contribution >= 0.6 is 11.3 Å². The molecule has 0 saturated heterocycles. The summed E-state index contributed by atoms with van der Waals surface area (Å²) in [6, 6.07) is 3.51. The fraction of sp³-hybridized carbons (Fsp3) is 0.222. The summed E-state index contributed by atoms with van der Waals surface area (Å²) >= 11 is 1.33. The second-order valence-electron chi connectivity index (χ2n) is 2.28. The Hall–Kier alpha value is -1.13. The Kier molecular flexibility index (Phi) is 3.67. The summed E-state index contributed by atoms with van der Waals surface area (Å²) < 4.78 is 4.55. The van der Waals surface area contributed by atoms with Crippen LogP contribution in [0.25, 0.3) is 6.08 Å². The maximum Gasteiger partial charge on any atom is 0.348 e. The minimum atomic E-state index is -0.325. The van der Waals surface area contributed by atoms with E-state index < -0.39 is 0 Å². The standard InChI is InChI=1S/C9H10O3S/c1-12-9(11)8-5-4-7(13-8)3-2-6-10/h2-5,10H,6H2,1H3/b3-2-. The number of thiophene rings is 1. The molecule has 0 unspecified atom stereocenters. The largest absolute Gasteiger partial charge is 0.465 e. The van der Waals surface area contributed by atoms with Crippen LogP contribution in [-0.2, 0) is 4.74 Å². The Morgan fingerprint density at radius 3 is 3.08 bits per heavy atom. The summed E-state index contributed by atoms with van der Waals surface area (Å²) in [4.78, 5) is 12.5. The van der Waals surface area contributed by atoms with Gasteiger partial charge in [0.05, 0.1) is 13.7 Å². The van der Waals surface area contributed by atoms with Gasteiger partial charge < -0.3 is 9.84 Å². The summed E-state index contributed by atoms with van der Waals surface area (Å²) in [6.45, 7) is 0.00541. The molecule has 0 aromatic carbocycles. The highest BCUT2D eigenvalue weighted by atomic mass is 32.1. The van der Waals surface area contributed by atoms with Gasteiger partial charge in [0.1, 0.15) is 4.88 Å². The molecular formula is C9H10O3S. The second kappa shape index (κ2) is 4.79. The molecule has 0 bridgehead atoms. The van der Waals surface area contributed by atoms with Crippen LogP contribution in [-0.4, -0.2) is 24.8 Å². The second-order valence-corrected chi connectivity index (χ2v) is 3.39. The highest BCUT2D eigenvalue weighted by Gasteiger charge is 2.06. The number of rotatable bonds is 3.